The second-order valence-corrected chi connectivity index (χ2v) is 8.27. The zero-order valence-corrected chi connectivity index (χ0v) is 18.5. The molecule has 3 aromatic carbocycles. The Hall–Kier alpha value is -3.85. The number of alkyl halides is 3. The molecule has 176 valence electrons. The average Bonchev–Trinajstić information content (AvgIpc) is 3.07. The maximum atomic E-state index is 12.1. The summed E-state index contributed by atoms with van der Waals surface area (Å²) in [5.41, 5.74) is -0.0459. The zero-order valence-electron chi connectivity index (χ0n) is 17.6. The van der Waals surface area contributed by atoms with E-state index in [2.05, 4.69) is 0 Å². The van der Waals surface area contributed by atoms with Crippen molar-refractivity contribution in [1.82, 2.24) is 0 Å². The SMILES string of the molecule is Cc1sc2cc(O)ccc2c1Oc1ccc(/C=C/C(=O)O)cc1.Fc1ccc(C(F)(F)F)cc1. The van der Waals surface area contributed by atoms with Crippen LogP contribution >= 0.6 is 11.3 Å². The van der Waals surface area contributed by atoms with Gasteiger partial charge in [0, 0.05) is 21.0 Å². The highest BCUT2D eigenvalue weighted by molar-refractivity contribution is 7.19. The highest BCUT2D eigenvalue weighted by Crippen LogP contribution is 2.41. The predicted octanol–water partition coefficient (Wildman–Crippen LogP) is 7.65. The first-order valence-corrected chi connectivity index (χ1v) is 10.6. The Morgan fingerprint density at radius 2 is 1.65 bits per heavy atom. The molecule has 0 atom stereocenters. The summed E-state index contributed by atoms with van der Waals surface area (Å²) in [5, 5.41) is 19.1. The summed E-state index contributed by atoms with van der Waals surface area (Å²) in [7, 11) is 0. The van der Waals surface area contributed by atoms with Crippen molar-refractivity contribution in [3.05, 3.63) is 94.6 Å². The molecule has 9 heteroatoms. The van der Waals surface area contributed by atoms with Gasteiger partial charge in [-0.2, -0.15) is 13.2 Å². The minimum Gasteiger partial charge on any atom is -0.508 e. The lowest BCUT2D eigenvalue weighted by Gasteiger charge is -2.06. The quantitative estimate of drug-likeness (QED) is 0.228. The van der Waals surface area contributed by atoms with E-state index in [1.54, 1.807) is 47.7 Å². The van der Waals surface area contributed by atoms with Gasteiger partial charge in [0.05, 0.1) is 5.56 Å². The lowest BCUT2D eigenvalue weighted by atomic mass is 10.2. The number of aromatic hydroxyl groups is 1. The molecule has 0 spiro atoms. The summed E-state index contributed by atoms with van der Waals surface area (Å²) in [6, 6.07) is 15.4. The first kappa shape index (κ1) is 24.8. The number of aliphatic carboxylic acids is 1. The van der Waals surface area contributed by atoms with Crippen molar-refractivity contribution in [2.24, 2.45) is 0 Å². The molecular weight excluding hydrogens is 472 g/mol. The molecule has 0 bridgehead atoms. The van der Waals surface area contributed by atoms with E-state index in [0.29, 0.717) is 17.9 Å². The first-order valence-electron chi connectivity index (χ1n) is 9.77. The maximum absolute atomic E-state index is 12.1. The van der Waals surface area contributed by atoms with Crippen LogP contribution in [0.2, 0.25) is 0 Å². The Balaban J connectivity index is 0.000000248. The molecule has 0 saturated heterocycles. The van der Waals surface area contributed by atoms with Crippen LogP contribution in [0.25, 0.3) is 16.2 Å². The van der Waals surface area contributed by atoms with Gasteiger partial charge in [0.15, 0.2) is 0 Å². The molecule has 0 aliphatic carbocycles. The average molecular weight is 490 g/mol. The number of halogens is 4. The van der Waals surface area contributed by atoms with Crippen LogP contribution in [-0.4, -0.2) is 16.2 Å². The Morgan fingerprint density at radius 1 is 1.00 bits per heavy atom. The number of fused-ring (bicyclic) bond motifs is 1. The van der Waals surface area contributed by atoms with E-state index in [1.165, 1.54) is 6.08 Å². The van der Waals surface area contributed by atoms with Crippen molar-refractivity contribution in [2.45, 2.75) is 13.1 Å². The topological polar surface area (TPSA) is 66.8 Å². The summed E-state index contributed by atoms with van der Waals surface area (Å²) in [6.07, 6.45) is -1.76. The number of aryl methyl sites for hydroxylation is 1. The summed E-state index contributed by atoms with van der Waals surface area (Å²) < 4.78 is 54.4. The first-order chi connectivity index (χ1) is 16.0. The number of hydrogen-bond acceptors (Lipinski definition) is 4. The number of carboxylic acid groups (broad SMARTS) is 1. The molecule has 1 aromatic heterocycles. The van der Waals surface area contributed by atoms with Crippen LogP contribution in [0.3, 0.4) is 0 Å². The fourth-order valence-electron chi connectivity index (χ4n) is 2.88. The Bertz CT molecular complexity index is 1310. The molecule has 0 fully saturated rings. The summed E-state index contributed by atoms with van der Waals surface area (Å²) >= 11 is 1.57. The minimum atomic E-state index is -4.38. The molecule has 0 aliphatic heterocycles. The lowest BCUT2D eigenvalue weighted by molar-refractivity contribution is -0.137. The molecule has 34 heavy (non-hydrogen) atoms. The second kappa shape index (κ2) is 10.4. The number of carboxylic acids is 1. The van der Waals surface area contributed by atoms with Gasteiger partial charge in [0.1, 0.15) is 23.1 Å². The Kier molecular flexibility index (Phi) is 7.57. The highest BCUT2D eigenvalue weighted by Gasteiger charge is 2.29. The second-order valence-electron chi connectivity index (χ2n) is 7.02. The lowest BCUT2D eigenvalue weighted by Crippen LogP contribution is -2.03. The minimum absolute atomic E-state index is 0.236. The van der Waals surface area contributed by atoms with Crippen LogP contribution in [0.4, 0.5) is 17.6 Å². The van der Waals surface area contributed by atoms with E-state index in [1.807, 2.05) is 13.0 Å². The van der Waals surface area contributed by atoms with E-state index < -0.39 is 23.5 Å². The van der Waals surface area contributed by atoms with Gasteiger partial charge in [-0.1, -0.05) is 12.1 Å². The fourth-order valence-corrected chi connectivity index (χ4v) is 3.91. The van der Waals surface area contributed by atoms with Crippen LogP contribution < -0.4 is 4.74 Å². The molecule has 4 nitrogen and oxygen atoms in total. The van der Waals surface area contributed by atoms with Gasteiger partial charge in [-0.25, -0.2) is 9.18 Å². The third kappa shape index (κ3) is 6.58. The Morgan fingerprint density at radius 3 is 2.24 bits per heavy atom. The number of thiophene rings is 1. The number of hydrogen-bond donors (Lipinski definition) is 2. The molecule has 0 radical (unpaired) electrons. The molecule has 1 heterocycles. The number of benzene rings is 3. The molecule has 4 rings (SSSR count). The van der Waals surface area contributed by atoms with Crippen LogP contribution in [0, 0.1) is 12.7 Å². The van der Waals surface area contributed by atoms with Crippen molar-refractivity contribution in [3.63, 3.8) is 0 Å². The van der Waals surface area contributed by atoms with E-state index in [4.69, 9.17) is 9.84 Å². The predicted molar refractivity (Wildman–Crippen MR) is 123 cm³/mol. The summed E-state index contributed by atoms with van der Waals surface area (Å²) in [4.78, 5) is 11.5. The van der Waals surface area contributed by atoms with Gasteiger partial charge in [-0.15, -0.1) is 11.3 Å². The van der Waals surface area contributed by atoms with Crippen molar-refractivity contribution in [2.75, 3.05) is 0 Å². The number of phenolic OH excluding ortho intramolecular Hbond substituents is 1. The van der Waals surface area contributed by atoms with Gasteiger partial charge in [-0.3, -0.25) is 0 Å². The number of carbonyl (C=O) groups is 1. The van der Waals surface area contributed by atoms with Crippen LogP contribution in [0.15, 0.2) is 72.8 Å². The van der Waals surface area contributed by atoms with Gasteiger partial charge in [-0.05, 0) is 73.2 Å². The molecule has 4 aromatic rings. The maximum Gasteiger partial charge on any atom is 0.416 e. The van der Waals surface area contributed by atoms with E-state index >= 15 is 0 Å². The van der Waals surface area contributed by atoms with Crippen LogP contribution in [0.5, 0.6) is 17.2 Å². The van der Waals surface area contributed by atoms with Gasteiger partial charge >= 0.3 is 12.1 Å². The number of rotatable bonds is 4. The highest BCUT2D eigenvalue weighted by atomic mass is 32.1. The van der Waals surface area contributed by atoms with Crippen molar-refractivity contribution >= 4 is 33.5 Å². The molecule has 0 saturated carbocycles. The van der Waals surface area contributed by atoms with E-state index in [9.17, 15) is 27.5 Å². The number of phenols is 1. The third-order valence-corrected chi connectivity index (χ3v) is 5.53. The largest absolute Gasteiger partial charge is 0.508 e. The number of ether oxygens (including phenoxy) is 1. The van der Waals surface area contributed by atoms with Gasteiger partial charge in [0.25, 0.3) is 0 Å². The summed E-state index contributed by atoms with van der Waals surface area (Å²) in [5.74, 6) is 0.0407. The van der Waals surface area contributed by atoms with Crippen LogP contribution in [0.1, 0.15) is 16.0 Å². The van der Waals surface area contributed by atoms with E-state index in [0.717, 1.165) is 44.5 Å². The molecular formula is C25H18F4O4S. The molecule has 0 unspecified atom stereocenters. The normalized spacial score (nSPS) is 11.3. The summed E-state index contributed by atoms with van der Waals surface area (Å²) in [6.45, 7) is 1.97. The Labute approximate surface area is 196 Å². The smallest absolute Gasteiger partial charge is 0.416 e. The van der Waals surface area contributed by atoms with Crippen LogP contribution in [-0.2, 0) is 11.0 Å². The molecule has 0 aliphatic rings. The van der Waals surface area contributed by atoms with Crippen molar-refractivity contribution in [3.8, 4) is 17.2 Å². The molecule has 0 amide bonds. The van der Waals surface area contributed by atoms with Gasteiger partial charge in [0.2, 0.25) is 0 Å². The zero-order chi connectivity index (χ0) is 24.9. The fraction of sp³-hybridized carbons (Fsp3) is 0.0800. The van der Waals surface area contributed by atoms with Crippen molar-refractivity contribution < 1.29 is 37.3 Å². The molecule has 2 N–H and O–H groups in total. The third-order valence-electron chi connectivity index (χ3n) is 4.48. The van der Waals surface area contributed by atoms with Gasteiger partial charge < -0.3 is 14.9 Å². The van der Waals surface area contributed by atoms with E-state index in [-0.39, 0.29) is 5.75 Å². The van der Waals surface area contributed by atoms with Crippen molar-refractivity contribution in [1.29, 1.82) is 0 Å². The monoisotopic (exact) mass is 490 g/mol. The standard InChI is InChI=1S/C18H14O4S.C7H4F4/c1-11-18(15-8-5-13(19)10-16(15)23-11)22-14-6-2-12(3-7-14)4-9-17(20)21;8-6-3-1-5(2-4-6)7(9,10)11/h2-10,19H,1H3,(H,20,21);1-4H/b9-4+;.